The molecule has 0 radical (unpaired) electrons. The first-order valence-electron chi connectivity index (χ1n) is 6.20. The van der Waals surface area contributed by atoms with Gasteiger partial charge < -0.3 is 15.0 Å². The number of thioether (sulfide) groups is 1. The van der Waals surface area contributed by atoms with Crippen molar-refractivity contribution in [2.24, 2.45) is 12.8 Å². The van der Waals surface area contributed by atoms with Gasteiger partial charge in [0, 0.05) is 7.05 Å². The lowest BCUT2D eigenvalue weighted by Crippen LogP contribution is -2.23. The SMILES string of the molecule is CC(Sc1nnc(COc2ccccc2Cl)n1C)C(N)=O. The minimum atomic E-state index is -0.392. The van der Waals surface area contributed by atoms with Gasteiger partial charge in [0.1, 0.15) is 12.4 Å². The van der Waals surface area contributed by atoms with E-state index in [2.05, 4.69) is 10.2 Å². The molecule has 1 atom stereocenters. The molecule has 6 nitrogen and oxygen atoms in total. The molecule has 2 rings (SSSR count). The Kier molecular flexibility index (Phi) is 5.08. The molecule has 1 aromatic heterocycles. The van der Waals surface area contributed by atoms with Crippen molar-refractivity contribution < 1.29 is 9.53 Å². The van der Waals surface area contributed by atoms with Crippen LogP contribution in [0.15, 0.2) is 29.4 Å². The highest BCUT2D eigenvalue weighted by Crippen LogP contribution is 2.25. The molecule has 0 bridgehead atoms. The first kappa shape index (κ1) is 15.7. The molecule has 1 heterocycles. The van der Waals surface area contributed by atoms with Gasteiger partial charge in [-0.2, -0.15) is 0 Å². The van der Waals surface area contributed by atoms with Gasteiger partial charge in [-0.25, -0.2) is 0 Å². The average molecular weight is 327 g/mol. The Morgan fingerprint density at radius 1 is 1.48 bits per heavy atom. The van der Waals surface area contributed by atoms with Crippen LogP contribution in [0.1, 0.15) is 12.7 Å². The third-order valence-corrected chi connectivity index (χ3v) is 4.27. The van der Waals surface area contributed by atoms with E-state index in [1.807, 2.05) is 12.1 Å². The van der Waals surface area contributed by atoms with Crippen LogP contribution >= 0.6 is 23.4 Å². The zero-order chi connectivity index (χ0) is 15.4. The summed E-state index contributed by atoms with van der Waals surface area (Å²) >= 11 is 7.27. The largest absolute Gasteiger partial charge is 0.484 e. The fourth-order valence-electron chi connectivity index (χ4n) is 1.49. The summed E-state index contributed by atoms with van der Waals surface area (Å²) < 4.78 is 7.38. The van der Waals surface area contributed by atoms with Crippen molar-refractivity contribution >= 4 is 29.3 Å². The number of hydrogen-bond donors (Lipinski definition) is 1. The molecule has 8 heteroatoms. The zero-order valence-electron chi connectivity index (χ0n) is 11.6. The van der Waals surface area contributed by atoms with Gasteiger partial charge in [0.25, 0.3) is 0 Å². The van der Waals surface area contributed by atoms with Crippen LogP contribution in [0, 0.1) is 0 Å². The van der Waals surface area contributed by atoms with Gasteiger partial charge in [0.15, 0.2) is 11.0 Å². The molecule has 1 aromatic carbocycles. The summed E-state index contributed by atoms with van der Waals surface area (Å²) in [7, 11) is 1.81. The number of ether oxygens (including phenoxy) is 1. The third kappa shape index (κ3) is 3.89. The van der Waals surface area contributed by atoms with Crippen LogP contribution in [0.25, 0.3) is 0 Å². The molecule has 1 amide bonds. The number of aromatic nitrogens is 3. The van der Waals surface area contributed by atoms with E-state index in [1.165, 1.54) is 11.8 Å². The van der Waals surface area contributed by atoms with Crippen molar-refractivity contribution in [3.8, 4) is 5.75 Å². The van der Waals surface area contributed by atoms with Crippen molar-refractivity contribution in [1.29, 1.82) is 0 Å². The van der Waals surface area contributed by atoms with Crippen molar-refractivity contribution in [2.75, 3.05) is 0 Å². The summed E-state index contributed by atoms with van der Waals surface area (Å²) in [6.07, 6.45) is 0. The maximum atomic E-state index is 11.1. The second kappa shape index (κ2) is 6.82. The molecular weight excluding hydrogens is 312 g/mol. The van der Waals surface area contributed by atoms with Crippen LogP contribution in [-0.2, 0) is 18.4 Å². The summed E-state index contributed by atoms with van der Waals surface area (Å²) in [5.74, 6) is 0.827. The number of benzene rings is 1. The minimum Gasteiger partial charge on any atom is -0.484 e. The van der Waals surface area contributed by atoms with Gasteiger partial charge in [-0.15, -0.1) is 10.2 Å². The summed E-state index contributed by atoms with van der Waals surface area (Å²) in [6.45, 7) is 1.96. The molecule has 0 aliphatic rings. The van der Waals surface area contributed by atoms with E-state index < -0.39 is 5.91 Å². The lowest BCUT2D eigenvalue weighted by atomic mass is 10.3. The number of amides is 1. The number of carbonyl (C=O) groups excluding carboxylic acids is 1. The number of nitrogens with zero attached hydrogens (tertiary/aromatic N) is 3. The Balaban J connectivity index is 2.04. The molecular formula is C13H15ClN4O2S. The fourth-order valence-corrected chi connectivity index (χ4v) is 2.47. The van der Waals surface area contributed by atoms with E-state index in [0.717, 1.165) is 0 Å². The van der Waals surface area contributed by atoms with Crippen LogP contribution < -0.4 is 10.5 Å². The van der Waals surface area contributed by atoms with Gasteiger partial charge in [-0.3, -0.25) is 4.79 Å². The number of carbonyl (C=O) groups is 1. The first-order valence-corrected chi connectivity index (χ1v) is 7.46. The Morgan fingerprint density at radius 3 is 2.86 bits per heavy atom. The third-order valence-electron chi connectivity index (χ3n) is 2.80. The summed E-state index contributed by atoms with van der Waals surface area (Å²) in [5.41, 5.74) is 5.24. The van der Waals surface area contributed by atoms with Crippen molar-refractivity contribution in [3.05, 3.63) is 35.1 Å². The van der Waals surface area contributed by atoms with E-state index >= 15 is 0 Å². The predicted octanol–water partition coefficient (Wildman–Crippen LogP) is 2.01. The zero-order valence-corrected chi connectivity index (χ0v) is 13.2. The van der Waals surface area contributed by atoms with E-state index in [9.17, 15) is 4.79 Å². The van der Waals surface area contributed by atoms with E-state index in [-0.39, 0.29) is 11.9 Å². The first-order chi connectivity index (χ1) is 9.99. The van der Waals surface area contributed by atoms with Gasteiger partial charge in [0.2, 0.25) is 5.91 Å². The van der Waals surface area contributed by atoms with Gasteiger partial charge in [-0.1, -0.05) is 35.5 Å². The molecule has 112 valence electrons. The van der Waals surface area contributed by atoms with E-state index in [1.54, 1.807) is 30.7 Å². The van der Waals surface area contributed by atoms with Crippen molar-refractivity contribution in [2.45, 2.75) is 23.9 Å². The number of nitrogens with two attached hydrogens (primary N) is 1. The highest BCUT2D eigenvalue weighted by atomic mass is 35.5. The Hall–Kier alpha value is -1.73. The van der Waals surface area contributed by atoms with Crippen molar-refractivity contribution in [1.82, 2.24) is 14.8 Å². The number of hydrogen-bond acceptors (Lipinski definition) is 5. The van der Waals surface area contributed by atoms with E-state index in [4.69, 9.17) is 22.1 Å². The molecule has 0 saturated heterocycles. The molecule has 0 saturated carbocycles. The smallest absolute Gasteiger partial charge is 0.230 e. The lowest BCUT2D eigenvalue weighted by molar-refractivity contribution is -0.117. The summed E-state index contributed by atoms with van der Waals surface area (Å²) in [4.78, 5) is 11.1. The van der Waals surface area contributed by atoms with Crippen LogP contribution in [-0.4, -0.2) is 25.9 Å². The molecule has 0 spiro atoms. The minimum absolute atomic E-state index is 0.235. The summed E-state index contributed by atoms with van der Waals surface area (Å²) in [5, 5.41) is 8.85. The van der Waals surface area contributed by atoms with E-state index in [0.29, 0.717) is 21.8 Å². The average Bonchev–Trinajstić information content (AvgIpc) is 2.79. The van der Waals surface area contributed by atoms with Crippen LogP contribution in [0.3, 0.4) is 0 Å². The summed E-state index contributed by atoms with van der Waals surface area (Å²) in [6, 6.07) is 7.21. The lowest BCUT2D eigenvalue weighted by Gasteiger charge is -2.08. The molecule has 0 fully saturated rings. The van der Waals surface area contributed by atoms with Gasteiger partial charge in [-0.05, 0) is 19.1 Å². The highest BCUT2D eigenvalue weighted by Gasteiger charge is 2.16. The van der Waals surface area contributed by atoms with Crippen LogP contribution in [0.4, 0.5) is 0 Å². The normalized spacial score (nSPS) is 12.1. The van der Waals surface area contributed by atoms with Gasteiger partial charge >= 0.3 is 0 Å². The second-order valence-electron chi connectivity index (χ2n) is 4.34. The molecule has 21 heavy (non-hydrogen) atoms. The van der Waals surface area contributed by atoms with Crippen molar-refractivity contribution in [3.63, 3.8) is 0 Å². The quantitative estimate of drug-likeness (QED) is 0.821. The topological polar surface area (TPSA) is 83.0 Å². The Bertz CT molecular complexity index is 647. The molecule has 0 aliphatic carbocycles. The number of primary amides is 1. The number of halogens is 1. The van der Waals surface area contributed by atoms with Crippen LogP contribution in [0.2, 0.25) is 5.02 Å². The molecule has 2 aromatic rings. The maximum absolute atomic E-state index is 11.1. The standard InChI is InChI=1S/C13H15ClN4O2S/c1-8(12(15)19)21-13-17-16-11(18(13)2)7-20-10-6-4-3-5-9(10)14/h3-6,8H,7H2,1-2H3,(H2,15,19). The fraction of sp³-hybridized carbons (Fsp3) is 0.308. The Labute approximate surface area is 131 Å². The van der Waals surface area contributed by atoms with Gasteiger partial charge in [0.05, 0.1) is 10.3 Å². The second-order valence-corrected chi connectivity index (χ2v) is 6.05. The van der Waals surface area contributed by atoms with Crippen LogP contribution in [0.5, 0.6) is 5.75 Å². The maximum Gasteiger partial charge on any atom is 0.230 e. The monoisotopic (exact) mass is 326 g/mol. The number of rotatable bonds is 6. The highest BCUT2D eigenvalue weighted by molar-refractivity contribution is 8.00. The predicted molar refractivity (Wildman–Crippen MR) is 81.3 cm³/mol. The molecule has 0 aliphatic heterocycles. The Morgan fingerprint density at radius 2 is 2.19 bits per heavy atom. The molecule has 2 N–H and O–H groups in total. The molecule has 1 unspecified atom stereocenters. The number of para-hydroxylation sites is 1.